The molecule has 2 aliphatic carbocycles. The molecule has 1 N–H and O–H groups in total. The van der Waals surface area contributed by atoms with Crippen molar-refractivity contribution in [2.45, 2.75) is 44.3 Å². The van der Waals surface area contributed by atoms with E-state index in [1.165, 1.54) is 25.7 Å². The summed E-state index contributed by atoms with van der Waals surface area (Å²) in [5, 5.41) is 5.40. The first kappa shape index (κ1) is 14.3. The Balaban J connectivity index is 1.54. The van der Waals surface area contributed by atoms with Crippen molar-refractivity contribution in [2.75, 3.05) is 13.1 Å². The molecule has 1 heterocycles. The number of halogens is 2. The van der Waals surface area contributed by atoms with Gasteiger partial charge in [-0.1, -0.05) is 29.3 Å². The van der Waals surface area contributed by atoms with Crippen molar-refractivity contribution < 1.29 is 0 Å². The Morgan fingerprint density at radius 3 is 2.33 bits per heavy atom. The Kier molecular flexibility index (Phi) is 3.91. The highest BCUT2D eigenvalue weighted by atomic mass is 35.5. The molecule has 0 amide bonds. The SMILES string of the molecule is Clc1cccc(Cl)c1CN1CC(C2CC2)NCC1C1CC1. The molecule has 0 radical (unpaired) electrons. The molecule has 2 atom stereocenters. The van der Waals surface area contributed by atoms with E-state index in [1.807, 2.05) is 18.2 Å². The van der Waals surface area contributed by atoms with Crippen LogP contribution >= 0.6 is 23.2 Å². The predicted molar refractivity (Wildman–Crippen MR) is 87.9 cm³/mol. The van der Waals surface area contributed by atoms with E-state index in [4.69, 9.17) is 23.2 Å². The third kappa shape index (κ3) is 3.10. The molecule has 4 heteroatoms. The zero-order valence-corrected chi connectivity index (χ0v) is 13.7. The van der Waals surface area contributed by atoms with Gasteiger partial charge in [0.15, 0.2) is 0 Å². The van der Waals surface area contributed by atoms with Crippen LogP contribution in [0.5, 0.6) is 0 Å². The zero-order valence-electron chi connectivity index (χ0n) is 12.2. The molecule has 1 saturated heterocycles. The van der Waals surface area contributed by atoms with Gasteiger partial charge in [-0.05, 0) is 49.7 Å². The third-order valence-corrected chi connectivity index (χ3v) is 5.98. The second-order valence-electron chi connectivity index (χ2n) is 6.89. The maximum absolute atomic E-state index is 6.38. The van der Waals surface area contributed by atoms with Crippen molar-refractivity contribution in [3.63, 3.8) is 0 Å². The molecule has 3 fully saturated rings. The van der Waals surface area contributed by atoms with Gasteiger partial charge in [-0.25, -0.2) is 0 Å². The average molecular weight is 325 g/mol. The average Bonchev–Trinajstić information content (AvgIpc) is 3.36. The minimum atomic E-state index is 0.660. The van der Waals surface area contributed by atoms with Crippen LogP contribution in [0.4, 0.5) is 0 Å². The van der Waals surface area contributed by atoms with Crippen molar-refractivity contribution in [1.82, 2.24) is 10.2 Å². The van der Waals surface area contributed by atoms with Gasteiger partial charge in [0.1, 0.15) is 0 Å². The number of nitrogens with one attached hydrogen (secondary N) is 1. The van der Waals surface area contributed by atoms with Crippen molar-refractivity contribution >= 4 is 23.2 Å². The lowest BCUT2D eigenvalue weighted by Gasteiger charge is -2.41. The molecule has 1 aromatic rings. The van der Waals surface area contributed by atoms with Gasteiger partial charge >= 0.3 is 0 Å². The molecule has 0 aromatic heterocycles. The molecule has 114 valence electrons. The van der Waals surface area contributed by atoms with E-state index in [0.717, 1.165) is 47.1 Å². The standard InChI is InChI=1S/C17H22Cl2N2/c18-14-2-1-3-15(19)13(14)9-21-10-16(11-4-5-11)20-8-17(21)12-6-7-12/h1-3,11-12,16-17,20H,4-10H2. The number of hydrogen-bond acceptors (Lipinski definition) is 2. The van der Waals surface area contributed by atoms with E-state index in [-0.39, 0.29) is 0 Å². The van der Waals surface area contributed by atoms with Crippen LogP contribution < -0.4 is 5.32 Å². The van der Waals surface area contributed by atoms with Crippen LogP contribution in [0.1, 0.15) is 31.2 Å². The summed E-state index contributed by atoms with van der Waals surface area (Å²) in [5.41, 5.74) is 1.10. The lowest BCUT2D eigenvalue weighted by atomic mass is 10.0. The number of benzene rings is 1. The fourth-order valence-corrected chi connectivity index (χ4v) is 4.20. The van der Waals surface area contributed by atoms with E-state index < -0.39 is 0 Å². The highest BCUT2D eigenvalue weighted by Gasteiger charge is 2.42. The van der Waals surface area contributed by atoms with Crippen LogP contribution in [-0.2, 0) is 6.54 Å². The molecule has 2 saturated carbocycles. The molecule has 2 nitrogen and oxygen atoms in total. The number of nitrogens with zero attached hydrogens (tertiary/aromatic N) is 1. The summed E-state index contributed by atoms with van der Waals surface area (Å²) in [5.74, 6) is 1.77. The van der Waals surface area contributed by atoms with E-state index in [2.05, 4.69) is 10.2 Å². The Morgan fingerprint density at radius 1 is 1.05 bits per heavy atom. The normalized spacial score (nSPS) is 30.6. The largest absolute Gasteiger partial charge is 0.311 e. The Bertz CT molecular complexity index is 505. The Labute approximate surface area is 136 Å². The Hall–Kier alpha value is -0.280. The van der Waals surface area contributed by atoms with Crippen LogP contribution in [0.3, 0.4) is 0 Å². The molecular weight excluding hydrogens is 303 g/mol. The van der Waals surface area contributed by atoms with Gasteiger partial charge in [-0.2, -0.15) is 0 Å². The summed E-state index contributed by atoms with van der Waals surface area (Å²) in [6.07, 6.45) is 5.55. The zero-order chi connectivity index (χ0) is 14.4. The van der Waals surface area contributed by atoms with E-state index in [1.54, 1.807) is 0 Å². The first-order chi connectivity index (χ1) is 10.2. The maximum Gasteiger partial charge on any atom is 0.0465 e. The topological polar surface area (TPSA) is 15.3 Å². The Morgan fingerprint density at radius 2 is 1.71 bits per heavy atom. The van der Waals surface area contributed by atoms with Crippen LogP contribution in [0, 0.1) is 11.8 Å². The van der Waals surface area contributed by atoms with Crippen molar-refractivity contribution in [2.24, 2.45) is 11.8 Å². The van der Waals surface area contributed by atoms with E-state index in [0.29, 0.717) is 12.1 Å². The highest BCUT2D eigenvalue weighted by Crippen LogP contribution is 2.40. The number of hydrogen-bond donors (Lipinski definition) is 1. The van der Waals surface area contributed by atoms with Gasteiger partial charge in [-0.15, -0.1) is 0 Å². The fraction of sp³-hybridized carbons (Fsp3) is 0.647. The summed E-state index contributed by atoms with van der Waals surface area (Å²) in [6, 6.07) is 7.16. The van der Waals surface area contributed by atoms with Crippen LogP contribution in [-0.4, -0.2) is 30.1 Å². The summed E-state index contributed by atoms with van der Waals surface area (Å²) < 4.78 is 0. The van der Waals surface area contributed by atoms with Gasteiger partial charge in [0.2, 0.25) is 0 Å². The van der Waals surface area contributed by atoms with Crippen LogP contribution in [0.2, 0.25) is 10.0 Å². The first-order valence-electron chi connectivity index (χ1n) is 8.12. The van der Waals surface area contributed by atoms with Crippen LogP contribution in [0.15, 0.2) is 18.2 Å². The molecular formula is C17H22Cl2N2. The summed E-state index contributed by atoms with van der Waals surface area (Å²) in [7, 11) is 0. The minimum absolute atomic E-state index is 0.660. The lowest BCUT2D eigenvalue weighted by Crippen LogP contribution is -2.57. The van der Waals surface area contributed by atoms with Crippen LogP contribution in [0.25, 0.3) is 0 Å². The third-order valence-electron chi connectivity index (χ3n) is 5.27. The molecule has 1 aliphatic heterocycles. The van der Waals surface area contributed by atoms with Crippen molar-refractivity contribution in [1.29, 1.82) is 0 Å². The fourth-order valence-electron chi connectivity index (χ4n) is 3.68. The molecule has 3 aliphatic rings. The maximum atomic E-state index is 6.38. The van der Waals surface area contributed by atoms with Crippen molar-refractivity contribution in [3.05, 3.63) is 33.8 Å². The molecule has 2 unspecified atom stereocenters. The van der Waals surface area contributed by atoms with Gasteiger partial charge in [0.25, 0.3) is 0 Å². The van der Waals surface area contributed by atoms with Gasteiger partial charge < -0.3 is 5.32 Å². The van der Waals surface area contributed by atoms with E-state index in [9.17, 15) is 0 Å². The lowest BCUT2D eigenvalue weighted by molar-refractivity contribution is 0.100. The summed E-state index contributed by atoms with van der Waals surface area (Å²) in [6.45, 7) is 3.17. The number of rotatable bonds is 4. The second kappa shape index (κ2) is 5.73. The highest BCUT2D eigenvalue weighted by molar-refractivity contribution is 6.35. The minimum Gasteiger partial charge on any atom is -0.311 e. The second-order valence-corrected chi connectivity index (χ2v) is 7.70. The first-order valence-corrected chi connectivity index (χ1v) is 8.88. The monoisotopic (exact) mass is 324 g/mol. The predicted octanol–water partition coefficient (Wildman–Crippen LogP) is 3.96. The molecule has 4 rings (SSSR count). The quantitative estimate of drug-likeness (QED) is 0.901. The van der Waals surface area contributed by atoms with E-state index >= 15 is 0 Å². The summed E-state index contributed by atoms with van der Waals surface area (Å²) in [4.78, 5) is 2.64. The van der Waals surface area contributed by atoms with Gasteiger partial charge in [0.05, 0.1) is 0 Å². The van der Waals surface area contributed by atoms with Gasteiger partial charge in [-0.3, -0.25) is 4.90 Å². The van der Waals surface area contributed by atoms with Crippen molar-refractivity contribution in [3.8, 4) is 0 Å². The molecule has 1 aromatic carbocycles. The van der Waals surface area contributed by atoms with Gasteiger partial charge in [0, 0.05) is 47.3 Å². The molecule has 0 bridgehead atoms. The summed E-state index contributed by atoms with van der Waals surface area (Å²) >= 11 is 12.8. The smallest absolute Gasteiger partial charge is 0.0465 e. The molecule has 0 spiro atoms. The number of piperazine rings is 1. The molecule has 21 heavy (non-hydrogen) atoms.